The van der Waals surface area contributed by atoms with Crippen LogP contribution in [0.2, 0.25) is 5.02 Å². The Kier molecular flexibility index (Phi) is 6.33. The average molecular weight is 422 g/mol. The number of sulfonamides is 1. The van der Waals surface area contributed by atoms with E-state index in [-0.39, 0.29) is 11.4 Å². The number of halogens is 1. The highest BCUT2D eigenvalue weighted by Gasteiger charge is 2.35. The largest absolute Gasteiger partial charge is 0.346 e. The van der Waals surface area contributed by atoms with Gasteiger partial charge in [0, 0.05) is 29.8 Å². The molecule has 1 aliphatic heterocycles. The van der Waals surface area contributed by atoms with Crippen LogP contribution in [0, 0.1) is 0 Å². The lowest BCUT2D eigenvalue weighted by Crippen LogP contribution is -2.45. The maximum atomic E-state index is 12.8. The van der Waals surface area contributed by atoms with Crippen molar-refractivity contribution in [2.45, 2.75) is 23.8 Å². The molecular weight excluding hydrogens is 402 g/mol. The molecule has 1 atom stereocenters. The van der Waals surface area contributed by atoms with Crippen LogP contribution in [-0.4, -0.2) is 43.7 Å². The Morgan fingerprint density at radius 2 is 1.71 bits per heavy atom. The summed E-state index contributed by atoms with van der Waals surface area (Å²) in [4.78, 5) is 24.3. The predicted octanol–water partition coefficient (Wildman–Crippen LogP) is 2.25. The molecule has 0 aliphatic carbocycles. The molecule has 9 heteroatoms. The molecule has 2 aromatic carbocycles. The fraction of sp³-hybridized carbons (Fsp3) is 0.263. The van der Waals surface area contributed by atoms with Gasteiger partial charge in [-0.2, -0.15) is 4.31 Å². The number of anilines is 1. The lowest BCUT2D eigenvalue weighted by molar-refractivity contribution is -0.136. The normalized spacial score (nSPS) is 17.2. The lowest BCUT2D eigenvalue weighted by Gasteiger charge is -2.24. The van der Waals surface area contributed by atoms with Crippen molar-refractivity contribution in [3.8, 4) is 0 Å². The second-order valence-electron chi connectivity index (χ2n) is 6.40. The van der Waals surface area contributed by atoms with Crippen LogP contribution in [0.1, 0.15) is 12.8 Å². The Hall–Kier alpha value is -2.42. The number of carbonyl (C=O) groups excluding carboxylic acids is 2. The van der Waals surface area contributed by atoms with Gasteiger partial charge in [-0.25, -0.2) is 8.42 Å². The molecular formula is C19H20ClN3O4S. The van der Waals surface area contributed by atoms with E-state index in [1.54, 1.807) is 54.6 Å². The molecule has 0 aromatic heterocycles. The monoisotopic (exact) mass is 421 g/mol. The third-order valence-corrected chi connectivity index (χ3v) is 6.70. The molecule has 1 heterocycles. The molecule has 0 saturated carbocycles. The first-order valence-corrected chi connectivity index (χ1v) is 10.6. The van der Waals surface area contributed by atoms with Gasteiger partial charge in [-0.3, -0.25) is 9.59 Å². The average Bonchev–Trinajstić information content (AvgIpc) is 3.18. The second kappa shape index (κ2) is 8.72. The Bertz CT molecular complexity index is 949. The van der Waals surface area contributed by atoms with Crippen molar-refractivity contribution in [3.05, 3.63) is 59.6 Å². The summed E-state index contributed by atoms with van der Waals surface area (Å²) in [5.74, 6) is -1.64. The molecule has 2 N–H and O–H groups in total. The van der Waals surface area contributed by atoms with Gasteiger partial charge in [-0.05, 0) is 49.2 Å². The van der Waals surface area contributed by atoms with E-state index in [2.05, 4.69) is 10.6 Å². The van der Waals surface area contributed by atoms with Crippen molar-refractivity contribution in [1.82, 2.24) is 9.62 Å². The van der Waals surface area contributed by atoms with Gasteiger partial charge in [0.1, 0.15) is 0 Å². The van der Waals surface area contributed by atoms with E-state index in [9.17, 15) is 18.0 Å². The van der Waals surface area contributed by atoms with Gasteiger partial charge in [-0.1, -0.05) is 29.8 Å². The van der Waals surface area contributed by atoms with Crippen molar-refractivity contribution >= 4 is 39.1 Å². The van der Waals surface area contributed by atoms with Crippen LogP contribution in [0.4, 0.5) is 5.69 Å². The van der Waals surface area contributed by atoms with Gasteiger partial charge in [0.15, 0.2) is 0 Å². The lowest BCUT2D eigenvalue weighted by atomic mass is 10.2. The highest BCUT2D eigenvalue weighted by atomic mass is 35.5. The van der Waals surface area contributed by atoms with Crippen molar-refractivity contribution < 1.29 is 18.0 Å². The third-order valence-electron chi connectivity index (χ3n) is 4.48. The highest BCUT2D eigenvalue weighted by molar-refractivity contribution is 7.89. The first-order valence-electron chi connectivity index (χ1n) is 8.79. The van der Waals surface area contributed by atoms with E-state index in [1.165, 1.54) is 4.31 Å². The van der Waals surface area contributed by atoms with Gasteiger partial charge in [-0.15, -0.1) is 0 Å². The van der Waals surface area contributed by atoms with Gasteiger partial charge in [0.25, 0.3) is 0 Å². The number of hydrogen-bond donors (Lipinski definition) is 2. The zero-order valence-corrected chi connectivity index (χ0v) is 16.5. The maximum absolute atomic E-state index is 12.8. The summed E-state index contributed by atoms with van der Waals surface area (Å²) in [6, 6.07) is 14.1. The highest BCUT2D eigenvalue weighted by Crippen LogP contribution is 2.25. The molecule has 7 nitrogen and oxygen atoms in total. The first-order chi connectivity index (χ1) is 13.4. The van der Waals surface area contributed by atoms with Crippen LogP contribution in [0.3, 0.4) is 0 Å². The fourth-order valence-electron chi connectivity index (χ4n) is 3.07. The zero-order valence-electron chi connectivity index (χ0n) is 15.0. The SMILES string of the molecule is O=C(NC[C@@H]1CCCN1S(=O)(=O)c1ccccc1)C(=O)Nc1ccc(Cl)cc1. The topological polar surface area (TPSA) is 95.6 Å². The number of nitrogens with one attached hydrogen (secondary N) is 2. The molecule has 2 amide bonds. The molecule has 3 rings (SSSR count). The second-order valence-corrected chi connectivity index (χ2v) is 8.72. The molecule has 2 aromatic rings. The minimum atomic E-state index is -3.64. The van der Waals surface area contributed by atoms with Crippen LogP contribution in [0.5, 0.6) is 0 Å². The van der Waals surface area contributed by atoms with E-state index in [0.29, 0.717) is 30.1 Å². The van der Waals surface area contributed by atoms with E-state index < -0.39 is 27.9 Å². The summed E-state index contributed by atoms with van der Waals surface area (Å²) >= 11 is 5.78. The minimum Gasteiger partial charge on any atom is -0.346 e. The Morgan fingerprint density at radius 3 is 2.39 bits per heavy atom. The summed E-state index contributed by atoms with van der Waals surface area (Å²) in [7, 11) is -3.64. The van der Waals surface area contributed by atoms with Crippen LogP contribution < -0.4 is 10.6 Å². The molecule has 148 valence electrons. The number of amides is 2. The molecule has 0 unspecified atom stereocenters. The van der Waals surface area contributed by atoms with Crippen molar-refractivity contribution in [2.24, 2.45) is 0 Å². The quantitative estimate of drug-likeness (QED) is 0.724. The molecule has 28 heavy (non-hydrogen) atoms. The molecule has 1 fully saturated rings. The molecule has 1 aliphatic rings. The molecule has 0 spiro atoms. The van der Waals surface area contributed by atoms with E-state index in [4.69, 9.17) is 11.6 Å². The Morgan fingerprint density at radius 1 is 1.04 bits per heavy atom. The summed E-state index contributed by atoms with van der Waals surface area (Å²) in [5.41, 5.74) is 0.443. The number of nitrogens with zero attached hydrogens (tertiary/aromatic N) is 1. The number of carbonyl (C=O) groups is 2. The first kappa shape index (κ1) is 20.3. The van der Waals surface area contributed by atoms with E-state index in [1.807, 2.05) is 0 Å². The van der Waals surface area contributed by atoms with Gasteiger partial charge < -0.3 is 10.6 Å². The predicted molar refractivity (Wildman–Crippen MR) is 106 cm³/mol. The fourth-order valence-corrected chi connectivity index (χ4v) is 4.91. The zero-order chi connectivity index (χ0) is 20.1. The van der Waals surface area contributed by atoms with Gasteiger partial charge >= 0.3 is 11.8 Å². The van der Waals surface area contributed by atoms with Crippen LogP contribution in [0.25, 0.3) is 0 Å². The molecule has 1 saturated heterocycles. The Balaban J connectivity index is 1.59. The van der Waals surface area contributed by atoms with Crippen molar-refractivity contribution in [2.75, 3.05) is 18.4 Å². The summed E-state index contributed by atoms with van der Waals surface area (Å²) in [6.07, 6.45) is 1.31. The summed E-state index contributed by atoms with van der Waals surface area (Å²) < 4.78 is 27.0. The van der Waals surface area contributed by atoms with Gasteiger partial charge in [0.05, 0.1) is 4.90 Å². The van der Waals surface area contributed by atoms with Crippen molar-refractivity contribution in [3.63, 3.8) is 0 Å². The minimum absolute atomic E-state index is 0.0684. The Labute approximate surface area is 168 Å². The van der Waals surface area contributed by atoms with E-state index in [0.717, 1.165) is 0 Å². The smallest absolute Gasteiger partial charge is 0.313 e. The molecule has 0 radical (unpaired) electrons. The molecule has 0 bridgehead atoms. The van der Waals surface area contributed by atoms with E-state index >= 15 is 0 Å². The summed E-state index contributed by atoms with van der Waals surface area (Å²) in [5, 5.41) is 5.51. The number of rotatable bonds is 5. The maximum Gasteiger partial charge on any atom is 0.313 e. The van der Waals surface area contributed by atoms with Crippen LogP contribution in [0.15, 0.2) is 59.5 Å². The van der Waals surface area contributed by atoms with Crippen LogP contribution >= 0.6 is 11.6 Å². The third kappa shape index (κ3) is 4.70. The number of hydrogen-bond acceptors (Lipinski definition) is 4. The van der Waals surface area contributed by atoms with Crippen molar-refractivity contribution in [1.29, 1.82) is 0 Å². The summed E-state index contributed by atoms with van der Waals surface area (Å²) in [6.45, 7) is 0.452. The van der Waals surface area contributed by atoms with Crippen LogP contribution in [-0.2, 0) is 19.6 Å². The standard InChI is InChI=1S/C19H20ClN3O4S/c20-14-8-10-15(11-9-14)22-19(25)18(24)21-13-16-5-4-12-23(16)28(26,27)17-6-2-1-3-7-17/h1-3,6-11,16H,4-5,12-13H2,(H,21,24)(H,22,25)/t16-/m0/s1. The number of benzene rings is 2. The van der Waals surface area contributed by atoms with Gasteiger partial charge in [0.2, 0.25) is 10.0 Å².